The lowest BCUT2D eigenvalue weighted by Crippen LogP contribution is -2.58. The number of morpholine rings is 1. The van der Waals surface area contributed by atoms with E-state index in [2.05, 4.69) is 16.0 Å². The summed E-state index contributed by atoms with van der Waals surface area (Å²) >= 11 is 0. The first-order chi connectivity index (χ1) is 11.7. The quantitative estimate of drug-likeness (QED) is 0.879. The molecule has 0 bridgehead atoms. The van der Waals surface area contributed by atoms with Crippen LogP contribution < -0.4 is 16.0 Å². The van der Waals surface area contributed by atoms with Crippen LogP contribution in [0.15, 0.2) is 18.2 Å². The molecule has 2 N–H and O–H groups in total. The van der Waals surface area contributed by atoms with Gasteiger partial charge in [-0.05, 0) is 37.3 Å². The predicted octanol–water partition coefficient (Wildman–Crippen LogP) is 3.37. The van der Waals surface area contributed by atoms with E-state index in [1.165, 1.54) is 6.07 Å². The fourth-order valence-corrected chi connectivity index (χ4v) is 3.73. The van der Waals surface area contributed by atoms with Crippen molar-refractivity contribution in [1.29, 1.82) is 0 Å². The largest absolute Gasteiger partial charge is 0.367 e. The maximum atomic E-state index is 15.0. The average molecular weight is 348 g/mol. The molecule has 1 aromatic rings. The number of hydrogen-bond donors (Lipinski definition) is 2. The molecule has 0 aromatic heterocycles. The Morgan fingerprint density at radius 3 is 2.64 bits per heavy atom. The van der Waals surface area contributed by atoms with E-state index >= 15 is 4.39 Å². The number of ether oxygens (including phenoxy) is 1. The zero-order chi connectivity index (χ0) is 18.2. The molecule has 25 heavy (non-hydrogen) atoms. The minimum absolute atomic E-state index is 0.160. The minimum Gasteiger partial charge on any atom is -0.367 e. The van der Waals surface area contributed by atoms with E-state index in [0.29, 0.717) is 24.4 Å². The van der Waals surface area contributed by atoms with E-state index in [0.717, 1.165) is 12.8 Å². The number of amides is 2. The average Bonchev–Trinajstić information content (AvgIpc) is 3.31. The number of nitrogens with one attached hydrogen (secondary N) is 2. The van der Waals surface area contributed by atoms with E-state index in [1.54, 1.807) is 12.1 Å². The van der Waals surface area contributed by atoms with Crippen LogP contribution in [0.4, 0.5) is 14.9 Å². The van der Waals surface area contributed by atoms with Gasteiger partial charge in [-0.2, -0.15) is 0 Å². The number of anilines is 1. The molecule has 1 unspecified atom stereocenters. The van der Waals surface area contributed by atoms with E-state index in [1.807, 2.05) is 27.7 Å². The van der Waals surface area contributed by atoms with Gasteiger partial charge < -0.3 is 15.4 Å². The number of urea groups is 1. The summed E-state index contributed by atoms with van der Waals surface area (Å²) < 4.78 is 21.2. The van der Waals surface area contributed by atoms with Gasteiger partial charge >= 0.3 is 6.03 Å². The van der Waals surface area contributed by atoms with Gasteiger partial charge in [0.15, 0.2) is 0 Å². The molecule has 1 saturated carbocycles. The van der Waals surface area contributed by atoms with Crippen molar-refractivity contribution in [3.63, 3.8) is 0 Å². The Morgan fingerprint density at radius 1 is 1.36 bits per heavy atom. The van der Waals surface area contributed by atoms with Gasteiger partial charge in [-0.3, -0.25) is 0 Å². The monoisotopic (exact) mass is 348 g/mol. The first kappa shape index (κ1) is 18.1. The second kappa shape index (κ2) is 6.57. The van der Waals surface area contributed by atoms with Crippen molar-refractivity contribution in [2.45, 2.75) is 58.2 Å². The number of rotatable bonds is 3. The summed E-state index contributed by atoms with van der Waals surface area (Å²) in [6.45, 7) is 9.20. The van der Waals surface area contributed by atoms with E-state index in [4.69, 9.17) is 4.74 Å². The van der Waals surface area contributed by atoms with Gasteiger partial charge in [0, 0.05) is 23.8 Å². The third kappa shape index (κ3) is 3.51. The minimum atomic E-state index is -0.829. The van der Waals surface area contributed by atoms with Crippen LogP contribution in [0.25, 0.3) is 0 Å². The molecule has 137 valence electrons. The predicted molar refractivity (Wildman–Crippen MR) is 95.1 cm³/mol. The topological polar surface area (TPSA) is 64.5 Å². The maximum Gasteiger partial charge on any atom is 0.319 e. The van der Waals surface area contributed by atoms with Crippen LogP contribution in [0, 0.1) is 11.2 Å². The number of hydrogen-bond acceptors (Lipinski definition) is 2. The van der Waals surface area contributed by atoms with Crippen molar-refractivity contribution in [2.75, 3.05) is 18.5 Å². The lowest BCUT2D eigenvalue weighted by atomic mass is 9.67. The summed E-state index contributed by atoms with van der Waals surface area (Å²) in [5.74, 6) is -0.386. The highest BCUT2D eigenvalue weighted by atomic mass is 19.1. The van der Waals surface area contributed by atoms with Crippen LogP contribution in [-0.4, -0.2) is 31.3 Å². The molecule has 2 aliphatic rings. The van der Waals surface area contributed by atoms with Crippen LogP contribution in [0.5, 0.6) is 0 Å². The zero-order valence-electron chi connectivity index (χ0n) is 15.4. The van der Waals surface area contributed by atoms with Crippen molar-refractivity contribution in [2.24, 2.45) is 5.41 Å². The van der Waals surface area contributed by atoms with Crippen molar-refractivity contribution >= 4 is 11.7 Å². The molecule has 3 rings (SSSR count). The molecule has 2 atom stereocenters. The van der Waals surface area contributed by atoms with Crippen LogP contribution >= 0.6 is 0 Å². The second-order valence-electron chi connectivity index (χ2n) is 7.98. The van der Waals surface area contributed by atoms with Gasteiger partial charge in [0.1, 0.15) is 11.4 Å². The Morgan fingerprint density at radius 2 is 2.08 bits per heavy atom. The molecule has 1 radical (unpaired) electrons. The van der Waals surface area contributed by atoms with Crippen LogP contribution in [0.3, 0.4) is 0 Å². The van der Waals surface area contributed by atoms with Crippen molar-refractivity contribution < 1.29 is 13.9 Å². The molecular weight excluding hydrogens is 321 g/mol. The molecule has 1 aliphatic carbocycles. The fourth-order valence-electron chi connectivity index (χ4n) is 3.73. The van der Waals surface area contributed by atoms with Gasteiger partial charge in [-0.1, -0.05) is 26.8 Å². The van der Waals surface area contributed by atoms with E-state index < -0.39 is 5.60 Å². The Hall–Kier alpha value is -1.66. The van der Waals surface area contributed by atoms with Crippen molar-refractivity contribution in [3.05, 3.63) is 29.6 Å². The standard InChI is InChI=1S/C19H27FN3O2/c1-12-19(18(2,3)4,25-10-9-21-12)15-8-7-14(11-16(15)20)23-17(24)22-13-5-6-13/h7-8,11-13H,5-6,9-10H2,1-4H3,(H2,22,23,24)/t12?,19-/m0/s1. The number of carbonyl (C=O) groups is 1. The molecule has 5 nitrogen and oxygen atoms in total. The smallest absolute Gasteiger partial charge is 0.319 e. The van der Waals surface area contributed by atoms with Gasteiger partial charge in [-0.15, -0.1) is 0 Å². The highest BCUT2D eigenvalue weighted by molar-refractivity contribution is 5.89. The normalized spacial score (nSPS) is 27.0. The number of halogens is 1. The fraction of sp³-hybridized carbons (Fsp3) is 0.632. The molecular formula is C19H27FN3O2. The lowest BCUT2D eigenvalue weighted by molar-refractivity contribution is -0.166. The third-order valence-corrected chi connectivity index (χ3v) is 5.07. The Kier molecular flexibility index (Phi) is 4.77. The second-order valence-corrected chi connectivity index (χ2v) is 7.98. The molecule has 2 fully saturated rings. The summed E-state index contributed by atoms with van der Waals surface area (Å²) in [5.41, 5.74) is -0.243. The number of carbonyl (C=O) groups excluding carboxylic acids is 1. The first-order valence-corrected chi connectivity index (χ1v) is 8.92. The summed E-state index contributed by atoms with van der Waals surface area (Å²) in [6.07, 6.45) is 2.01. The van der Waals surface area contributed by atoms with Crippen molar-refractivity contribution in [1.82, 2.24) is 10.6 Å². The van der Waals surface area contributed by atoms with Gasteiger partial charge in [0.2, 0.25) is 0 Å². The summed E-state index contributed by atoms with van der Waals surface area (Å²) in [7, 11) is 0. The van der Waals surface area contributed by atoms with Crippen LogP contribution in [0.1, 0.15) is 46.1 Å². The van der Waals surface area contributed by atoms with Gasteiger partial charge in [-0.25, -0.2) is 14.5 Å². The number of benzene rings is 1. The van der Waals surface area contributed by atoms with E-state index in [9.17, 15) is 4.79 Å². The molecule has 1 aliphatic heterocycles. The van der Waals surface area contributed by atoms with E-state index in [-0.39, 0.29) is 29.3 Å². The first-order valence-electron chi connectivity index (χ1n) is 8.92. The Bertz CT molecular complexity index is 655. The van der Waals surface area contributed by atoms with Gasteiger partial charge in [0.25, 0.3) is 0 Å². The van der Waals surface area contributed by atoms with Crippen molar-refractivity contribution in [3.8, 4) is 0 Å². The highest BCUT2D eigenvalue weighted by Gasteiger charge is 2.52. The molecule has 1 heterocycles. The third-order valence-electron chi connectivity index (χ3n) is 5.07. The van der Waals surface area contributed by atoms with Gasteiger partial charge in [0.05, 0.1) is 12.6 Å². The van der Waals surface area contributed by atoms with Crippen LogP contribution in [-0.2, 0) is 10.3 Å². The molecule has 1 saturated heterocycles. The number of nitrogens with zero attached hydrogens (tertiary/aromatic N) is 1. The Balaban J connectivity index is 1.88. The zero-order valence-corrected chi connectivity index (χ0v) is 15.4. The Labute approximate surface area is 148 Å². The molecule has 6 heteroatoms. The molecule has 0 spiro atoms. The molecule has 1 aromatic carbocycles. The maximum absolute atomic E-state index is 15.0. The van der Waals surface area contributed by atoms with Crippen LogP contribution in [0.2, 0.25) is 0 Å². The summed E-state index contributed by atoms with van der Waals surface area (Å²) in [5, 5.41) is 10.1. The summed E-state index contributed by atoms with van der Waals surface area (Å²) in [6, 6.07) is 4.60. The lowest BCUT2D eigenvalue weighted by Gasteiger charge is -2.51. The summed E-state index contributed by atoms with van der Waals surface area (Å²) in [4.78, 5) is 11.9. The molecule has 2 amide bonds. The highest BCUT2D eigenvalue weighted by Crippen LogP contribution is 2.48. The SMILES string of the molecule is CC1[N]CCO[C@@]1(c1ccc(NC(=O)NC2CC2)cc1F)C(C)(C)C.